The number of hydrogen-bond acceptors (Lipinski definition) is 2. The highest BCUT2D eigenvalue weighted by atomic mass is 19.4. The Labute approximate surface area is 94.9 Å². The van der Waals surface area contributed by atoms with Gasteiger partial charge in [-0.15, -0.1) is 0 Å². The minimum absolute atomic E-state index is 0.176. The number of rotatable bonds is 1. The number of carbonyl (C=O) groups excluding carboxylic acids is 1. The van der Waals surface area contributed by atoms with Crippen molar-refractivity contribution in [2.24, 2.45) is 0 Å². The largest absolute Gasteiger partial charge is 0.456 e. The fraction of sp³-hybridized carbons (Fsp3) is 0.273. The van der Waals surface area contributed by atoms with Crippen molar-refractivity contribution in [2.75, 3.05) is 0 Å². The number of aromatic nitrogens is 2. The molecule has 90 valence electrons. The number of alkyl halides is 3. The minimum Gasteiger partial charge on any atom is -0.303 e. The highest BCUT2D eigenvalue weighted by Gasteiger charge is 2.41. The summed E-state index contributed by atoms with van der Waals surface area (Å²) in [5, 5.41) is 0. The smallest absolute Gasteiger partial charge is 0.303 e. The van der Waals surface area contributed by atoms with E-state index in [0.29, 0.717) is 5.82 Å². The van der Waals surface area contributed by atoms with Crippen LogP contribution in [0.25, 0.3) is 5.52 Å². The average Bonchev–Trinajstić information content (AvgIpc) is 2.53. The predicted molar refractivity (Wildman–Crippen MR) is 55.1 cm³/mol. The van der Waals surface area contributed by atoms with E-state index in [2.05, 4.69) is 4.98 Å². The molecule has 3 nitrogen and oxygen atoms in total. The highest BCUT2D eigenvalue weighted by molar-refractivity contribution is 6.04. The van der Waals surface area contributed by atoms with E-state index in [-0.39, 0.29) is 5.52 Å². The molecule has 17 heavy (non-hydrogen) atoms. The van der Waals surface area contributed by atoms with Crippen LogP contribution >= 0.6 is 0 Å². The second-order valence-corrected chi connectivity index (χ2v) is 3.80. The van der Waals surface area contributed by atoms with E-state index in [1.807, 2.05) is 6.92 Å². The molecule has 0 aliphatic heterocycles. The van der Waals surface area contributed by atoms with E-state index >= 15 is 0 Å². The molecule has 0 unspecified atom stereocenters. The number of nitrogens with zero attached hydrogens (tertiary/aromatic N) is 2. The Morgan fingerprint density at radius 2 is 1.94 bits per heavy atom. The lowest BCUT2D eigenvalue weighted by Crippen LogP contribution is -2.23. The third-order valence-corrected chi connectivity index (χ3v) is 2.43. The molecular formula is C11H9F3N2O. The molecule has 0 atom stereocenters. The van der Waals surface area contributed by atoms with Gasteiger partial charge in [-0.3, -0.25) is 4.79 Å². The lowest BCUT2D eigenvalue weighted by atomic mass is 10.2. The molecule has 0 spiro atoms. The first-order valence-electron chi connectivity index (χ1n) is 4.87. The summed E-state index contributed by atoms with van der Waals surface area (Å²) in [5.74, 6) is -1.55. The van der Waals surface area contributed by atoms with Gasteiger partial charge in [-0.05, 0) is 25.5 Å². The molecule has 2 aromatic rings. The van der Waals surface area contributed by atoms with Gasteiger partial charge in [-0.25, -0.2) is 4.98 Å². The molecule has 0 fully saturated rings. The first kappa shape index (κ1) is 11.6. The molecule has 0 aliphatic rings. The van der Waals surface area contributed by atoms with E-state index in [9.17, 15) is 18.0 Å². The fourth-order valence-corrected chi connectivity index (χ4v) is 1.64. The van der Waals surface area contributed by atoms with Crippen molar-refractivity contribution < 1.29 is 18.0 Å². The van der Waals surface area contributed by atoms with E-state index in [4.69, 9.17) is 0 Å². The maximum Gasteiger partial charge on any atom is 0.456 e. The average molecular weight is 242 g/mol. The van der Waals surface area contributed by atoms with E-state index in [1.165, 1.54) is 10.5 Å². The Morgan fingerprint density at radius 1 is 1.29 bits per heavy atom. The topological polar surface area (TPSA) is 34.4 Å². The second-order valence-electron chi connectivity index (χ2n) is 3.80. The summed E-state index contributed by atoms with van der Waals surface area (Å²) in [5.41, 5.74) is 0.509. The van der Waals surface area contributed by atoms with Crippen LogP contribution in [0.15, 0.2) is 18.3 Å². The Hall–Kier alpha value is -1.85. The van der Waals surface area contributed by atoms with Crippen molar-refractivity contribution in [3.8, 4) is 0 Å². The molecule has 0 N–H and O–H groups in total. The zero-order chi connectivity index (χ0) is 12.8. The van der Waals surface area contributed by atoms with Gasteiger partial charge in [0.1, 0.15) is 11.5 Å². The summed E-state index contributed by atoms with van der Waals surface area (Å²) in [6.07, 6.45) is -3.25. The van der Waals surface area contributed by atoms with Gasteiger partial charge >= 0.3 is 6.18 Å². The summed E-state index contributed by atoms with van der Waals surface area (Å²) < 4.78 is 38.5. The molecule has 0 bridgehead atoms. The van der Waals surface area contributed by atoms with Crippen LogP contribution in [-0.2, 0) is 0 Å². The van der Waals surface area contributed by atoms with Crippen molar-refractivity contribution in [3.63, 3.8) is 0 Å². The summed E-state index contributed by atoms with van der Waals surface area (Å²) in [6, 6.07) is 3.11. The normalized spacial score (nSPS) is 12.1. The van der Waals surface area contributed by atoms with Crippen LogP contribution in [0.2, 0.25) is 0 Å². The van der Waals surface area contributed by atoms with Crippen LogP contribution < -0.4 is 0 Å². The lowest BCUT2D eigenvalue weighted by molar-refractivity contribution is -0.0887. The van der Waals surface area contributed by atoms with E-state index < -0.39 is 17.7 Å². The monoisotopic (exact) mass is 242 g/mol. The zero-order valence-corrected chi connectivity index (χ0v) is 9.17. The van der Waals surface area contributed by atoms with Gasteiger partial charge in [0.05, 0.1) is 5.52 Å². The molecule has 0 radical (unpaired) electrons. The molecule has 2 heterocycles. The Balaban J connectivity index is 2.68. The number of ketones is 1. The number of hydrogen-bond donors (Lipinski definition) is 0. The molecule has 2 aromatic heterocycles. The maximum atomic E-state index is 12.4. The second kappa shape index (κ2) is 3.58. The molecule has 0 saturated heterocycles. The fourth-order valence-electron chi connectivity index (χ4n) is 1.64. The van der Waals surface area contributed by atoms with Gasteiger partial charge < -0.3 is 4.40 Å². The van der Waals surface area contributed by atoms with Gasteiger partial charge in [0.2, 0.25) is 0 Å². The number of carbonyl (C=O) groups is 1. The molecule has 0 aromatic carbocycles. The van der Waals surface area contributed by atoms with Gasteiger partial charge in [-0.2, -0.15) is 13.2 Å². The summed E-state index contributed by atoms with van der Waals surface area (Å²) in [6.45, 7) is 3.36. The number of aryl methyl sites for hydroxylation is 2. The summed E-state index contributed by atoms with van der Waals surface area (Å²) in [4.78, 5) is 14.9. The van der Waals surface area contributed by atoms with Gasteiger partial charge in [0, 0.05) is 6.20 Å². The quantitative estimate of drug-likeness (QED) is 0.720. The first-order chi connectivity index (χ1) is 7.80. The molecule has 0 saturated carbocycles. The van der Waals surface area contributed by atoms with Gasteiger partial charge in [0.25, 0.3) is 5.78 Å². The lowest BCUT2D eigenvalue weighted by Gasteiger charge is -2.03. The zero-order valence-electron chi connectivity index (χ0n) is 9.17. The van der Waals surface area contributed by atoms with Crippen molar-refractivity contribution in [3.05, 3.63) is 35.4 Å². The number of imidazole rings is 1. The first-order valence-corrected chi connectivity index (χ1v) is 4.87. The van der Waals surface area contributed by atoms with Crippen molar-refractivity contribution in [1.29, 1.82) is 0 Å². The predicted octanol–water partition coefficient (Wildman–Crippen LogP) is 2.70. The number of halogens is 3. The molecule has 0 amide bonds. The van der Waals surface area contributed by atoms with Gasteiger partial charge in [-0.1, -0.05) is 6.07 Å². The Bertz CT molecular complexity index is 599. The van der Waals surface area contributed by atoms with Crippen LogP contribution in [0, 0.1) is 13.8 Å². The third kappa shape index (κ3) is 1.90. The standard InChI is InChI=1S/C11H9F3N2O/c1-6-3-4-8-9(10(17)11(12,13)14)15-7(2)16(8)5-6/h3-5H,1-2H3. The third-order valence-electron chi connectivity index (χ3n) is 2.43. The van der Waals surface area contributed by atoms with Crippen LogP contribution in [0.3, 0.4) is 0 Å². The SMILES string of the molecule is Cc1ccc2c(C(=O)C(F)(F)F)nc(C)n2c1. The Kier molecular flexibility index (Phi) is 2.45. The maximum absolute atomic E-state index is 12.4. The summed E-state index contributed by atoms with van der Waals surface area (Å²) in [7, 11) is 0. The number of Topliss-reactive ketones (excluding diaryl/α,β-unsaturated/α-hetero) is 1. The van der Waals surface area contributed by atoms with E-state index in [1.54, 1.807) is 19.2 Å². The highest BCUT2D eigenvalue weighted by Crippen LogP contribution is 2.24. The van der Waals surface area contributed by atoms with Crippen LogP contribution in [0.5, 0.6) is 0 Å². The number of fused-ring (bicyclic) bond motifs is 1. The van der Waals surface area contributed by atoms with Crippen molar-refractivity contribution >= 4 is 11.3 Å². The molecule has 0 aliphatic carbocycles. The number of pyridine rings is 1. The summed E-state index contributed by atoms with van der Waals surface area (Å²) >= 11 is 0. The van der Waals surface area contributed by atoms with E-state index in [0.717, 1.165) is 5.56 Å². The minimum atomic E-state index is -4.90. The molecule has 2 rings (SSSR count). The molecule has 6 heteroatoms. The van der Waals surface area contributed by atoms with Gasteiger partial charge in [0.15, 0.2) is 0 Å². The van der Waals surface area contributed by atoms with Crippen molar-refractivity contribution in [1.82, 2.24) is 9.38 Å². The van der Waals surface area contributed by atoms with Crippen LogP contribution in [-0.4, -0.2) is 21.3 Å². The molecular weight excluding hydrogens is 233 g/mol. The van der Waals surface area contributed by atoms with Crippen LogP contribution in [0.4, 0.5) is 13.2 Å². The Morgan fingerprint density at radius 3 is 2.53 bits per heavy atom. The van der Waals surface area contributed by atoms with Crippen LogP contribution in [0.1, 0.15) is 21.9 Å². The van der Waals surface area contributed by atoms with Crippen molar-refractivity contribution in [2.45, 2.75) is 20.0 Å².